The van der Waals surface area contributed by atoms with Gasteiger partial charge in [0, 0.05) is 12.6 Å². The van der Waals surface area contributed by atoms with Crippen molar-refractivity contribution >= 4 is 5.91 Å². The lowest BCUT2D eigenvalue weighted by Crippen LogP contribution is -2.26. The number of nitrogens with zero attached hydrogens (tertiary/aromatic N) is 3. The van der Waals surface area contributed by atoms with E-state index in [1.807, 2.05) is 0 Å². The van der Waals surface area contributed by atoms with Crippen LogP contribution in [0.4, 0.5) is 0 Å². The topological polar surface area (TPSA) is 59.8 Å². The molecule has 1 heterocycles. The molecule has 5 heteroatoms. The Morgan fingerprint density at radius 2 is 2.46 bits per heavy atom. The first-order chi connectivity index (χ1) is 6.33. The molecule has 0 unspecified atom stereocenters. The van der Waals surface area contributed by atoms with Gasteiger partial charge in [-0.15, -0.1) is 5.10 Å². The number of aromatic nitrogens is 3. The van der Waals surface area contributed by atoms with Crippen molar-refractivity contribution in [2.24, 2.45) is 0 Å². The highest BCUT2D eigenvalue weighted by Gasteiger charge is 1.99. The van der Waals surface area contributed by atoms with Gasteiger partial charge in [-0.3, -0.25) is 4.79 Å². The maximum Gasteiger partial charge on any atom is 0.221 e. The van der Waals surface area contributed by atoms with Crippen molar-refractivity contribution in [3.63, 3.8) is 0 Å². The molecule has 0 radical (unpaired) electrons. The quantitative estimate of drug-likeness (QED) is 0.723. The minimum atomic E-state index is 0.0670. The Bertz CT molecular complexity index is 245. The van der Waals surface area contributed by atoms with Crippen LogP contribution in [0.3, 0.4) is 0 Å². The molecule has 0 bridgehead atoms. The van der Waals surface area contributed by atoms with E-state index < -0.39 is 0 Å². The van der Waals surface area contributed by atoms with Crippen LogP contribution in [0.5, 0.6) is 0 Å². The van der Waals surface area contributed by atoms with Gasteiger partial charge < -0.3 is 5.32 Å². The molecule has 72 valence electrons. The largest absolute Gasteiger partial charge is 0.337 e. The van der Waals surface area contributed by atoms with E-state index in [2.05, 4.69) is 22.6 Å². The van der Waals surface area contributed by atoms with Crippen LogP contribution in [-0.4, -0.2) is 20.9 Å². The summed E-state index contributed by atoms with van der Waals surface area (Å²) < 4.78 is 1.57. The Morgan fingerprint density at radius 3 is 3.08 bits per heavy atom. The highest BCUT2D eigenvalue weighted by atomic mass is 16.1. The van der Waals surface area contributed by atoms with E-state index in [1.54, 1.807) is 17.1 Å². The van der Waals surface area contributed by atoms with Crippen molar-refractivity contribution in [3.05, 3.63) is 12.4 Å². The van der Waals surface area contributed by atoms with Crippen molar-refractivity contribution in [1.82, 2.24) is 20.3 Å². The molecule has 13 heavy (non-hydrogen) atoms. The highest BCUT2D eigenvalue weighted by molar-refractivity contribution is 5.75. The van der Waals surface area contributed by atoms with Gasteiger partial charge in [-0.2, -0.15) is 0 Å². The zero-order chi connectivity index (χ0) is 9.52. The number of amides is 1. The molecule has 1 N–H and O–H groups in total. The Kier molecular flexibility index (Phi) is 3.95. The van der Waals surface area contributed by atoms with Gasteiger partial charge in [-0.1, -0.05) is 18.6 Å². The molecule has 0 atom stereocenters. The van der Waals surface area contributed by atoms with Gasteiger partial charge in [0.2, 0.25) is 5.91 Å². The maximum absolute atomic E-state index is 11.1. The van der Waals surface area contributed by atoms with E-state index in [0.29, 0.717) is 13.1 Å². The fraction of sp³-hybridized carbons (Fsp3) is 0.625. The zero-order valence-corrected chi connectivity index (χ0v) is 7.73. The van der Waals surface area contributed by atoms with Crippen molar-refractivity contribution in [2.75, 3.05) is 0 Å². The number of hydrogen-bond acceptors (Lipinski definition) is 3. The van der Waals surface area contributed by atoms with Crippen LogP contribution in [0.15, 0.2) is 12.4 Å². The molecule has 0 aliphatic rings. The molecule has 1 aromatic rings. The van der Waals surface area contributed by atoms with Crippen LogP contribution in [-0.2, 0) is 11.5 Å². The summed E-state index contributed by atoms with van der Waals surface area (Å²) in [6.07, 6.45) is 5.85. The van der Waals surface area contributed by atoms with Crippen LogP contribution in [0.25, 0.3) is 0 Å². The van der Waals surface area contributed by atoms with Gasteiger partial charge in [0.1, 0.15) is 6.67 Å². The number of unbranched alkanes of at least 4 members (excludes halogenated alkanes) is 1. The van der Waals surface area contributed by atoms with Gasteiger partial charge in [-0.25, -0.2) is 4.68 Å². The molecule has 0 aliphatic heterocycles. The Morgan fingerprint density at radius 1 is 1.62 bits per heavy atom. The zero-order valence-electron chi connectivity index (χ0n) is 7.73. The van der Waals surface area contributed by atoms with Crippen molar-refractivity contribution in [2.45, 2.75) is 32.9 Å². The first-order valence-electron chi connectivity index (χ1n) is 4.43. The third kappa shape index (κ3) is 3.68. The minimum Gasteiger partial charge on any atom is -0.337 e. The van der Waals surface area contributed by atoms with Gasteiger partial charge in [0.25, 0.3) is 0 Å². The first-order valence-corrected chi connectivity index (χ1v) is 4.43. The van der Waals surface area contributed by atoms with Crippen LogP contribution in [0.1, 0.15) is 26.2 Å². The number of carbonyl (C=O) groups is 1. The van der Waals surface area contributed by atoms with Crippen molar-refractivity contribution in [3.8, 4) is 0 Å². The number of carbonyl (C=O) groups excluding carboxylic acids is 1. The second-order valence-electron chi connectivity index (χ2n) is 2.80. The molecule has 0 saturated carbocycles. The molecule has 1 amide bonds. The van der Waals surface area contributed by atoms with Gasteiger partial charge >= 0.3 is 0 Å². The highest BCUT2D eigenvalue weighted by Crippen LogP contribution is 1.92. The molecule has 0 spiro atoms. The standard InChI is InChI=1S/C8H14N4O/c1-2-3-4-8(13)9-7-12-6-5-10-11-12/h5-6H,2-4,7H2,1H3,(H,9,13). The Hall–Kier alpha value is -1.39. The summed E-state index contributed by atoms with van der Waals surface area (Å²) >= 11 is 0. The third-order valence-corrected chi connectivity index (χ3v) is 1.67. The molecule has 1 rings (SSSR count). The SMILES string of the molecule is CCCCC(=O)NCn1ccnn1. The fourth-order valence-corrected chi connectivity index (χ4v) is 0.912. The van der Waals surface area contributed by atoms with Crippen molar-refractivity contribution in [1.29, 1.82) is 0 Å². The number of rotatable bonds is 5. The average molecular weight is 182 g/mol. The maximum atomic E-state index is 11.1. The minimum absolute atomic E-state index is 0.0670. The summed E-state index contributed by atoms with van der Waals surface area (Å²) in [5.41, 5.74) is 0. The van der Waals surface area contributed by atoms with E-state index >= 15 is 0 Å². The third-order valence-electron chi connectivity index (χ3n) is 1.67. The molecule has 1 aromatic heterocycles. The van der Waals surface area contributed by atoms with Crippen LogP contribution < -0.4 is 5.32 Å². The van der Waals surface area contributed by atoms with E-state index in [1.165, 1.54) is 0 Å². The van der Waals surface area contributed by atoms with Crippen LogP contribution >= 0.6 is 0 Å². The van der Waals surface area contributed by atoms with Gasteiger partial charge in [0.05, 0.1) is 6.20 Å². The second-order valence-corrected chi connectivity index (χ2v) is 2.80. The van der Waals surface area contributed by atoms with Crippen LogP contribution in [0.2, 0.25) is 0 Å². The summed E-state index contributed by atoms with van der Waals surface area (Å²) in [6, 6.07) is 0. The number of hydrogen-bond donors (Lipinski definition) is 1. The van der Waals surface area contributed by atoms with E-state index in [4.69, 9.17) is 0 Å². The average Bonchev–Trinajstić information content (AvgIpc) is 2.64. The molecule has 0 fully saturated rings. The van der Waals surface area contributed by atoms with E-state index in [9.17, 15) is 4.79 Å². The lowest BCUT2D eigenvalue weighted by atomic mass is 10.2. The summed E-state index contributed by atoms with van der Waals surface area (Å²) in [4.78, 5) is 11.1. The van der Waals surface area contributed by atoms with E-state index in [0.717, 1.165) is 12.8 Å². The molecule has 0 aliphatic carbocycles. The Balaban J connectivity index is 2.15. The van der Waals surface area contributed by atoms with Crippen LogP contribution in [0, 0.1) is 0 Å². The second kappa shape index (κ2) is 5.29. The van der Waals surface area contributed by atoms with Crippen molar-refractivity contribution < 1.29 is 4.79 Å². The van der Waals surface area contributed by atoms with E-state index in [-0.39, 0.29) is 5.91 Å². The molecule has 5 nitrogen and oxygen atoms in total. The van der Waals surface area contributed by atoms with Gasteiger partial charge in [-0.05, 0) is 6.42 Å². The normalized spacial score (nSPS) is 9.92. The molecule has 0 saturated heterocycles. The smallest absolute Gasteiger partial charge is 0.221 e. The fourth-order valence-electron chi connectivity index (χ4n) is 0.912. The Labute approximate surface area is 77.1 Å². The monoisotopic (exact) mass is 182 g/mol. The lowest BCUT2D eigenvalue weighted by molar-refractivity contribution is -0.121. The molecule has 0 aromatic carbocycles. The van der Waals surface area contributed by atoms with Gasteiger partial charge in [0.15, 0.2) is 0 Å². The number of nitrogens with one attached hydrogen (secondary N) is 1. The molecular formula is C8H14N4O. The summed E-state index contributed by atoms with van der Waals surface area (Å²) in [7, 11) is 0. The summed E-state index contributed by atoms with van der Waals surface area (Å²) in [6.45, 7) is 2.47. The first kappa shape index (κ1) is 9.70. The summed E-state index contributed by atoms with van der Waals surface area (Å²) in [5.74, 6) is 0.0670. The lowest BCUT2D eigenvalue weighted by Gasteiger charge is -2.03. The summed E-state index contributed by atoms with van der Waals surface area (Å²) in [5, 5.41) is 10.1. The molecular weight excluding hydrogens is 168 g/mol. The predicted molar refractivity (Wildman–Crippen MR) is 47.7 cm³/mol. The predicted octanol–water partition coefficient (Wildman–Crippen LogP) is 0.542.